The maximum Gasteiger partial charge on any atom is 0.266 e. The minimum absolute atomic E-state index is 0.242. The van der Waals surface area contributed by atoms with Gasteiger partial charge in [-0.2, -0.15) is 0 Å². The molecule has 1 atom stereocenters. The van der Waals surface area contributed by atoms with Crippen molar-refractivity contribution >= 4 is 29.3 Å². The van der Waals surface area contributed by atoms with E-state index >= 15 is 0 Å². The third-order valence-electron chi connectivity index (χ3n) is 3.40. The number of amides is 3. The summed E-state index contributed by atoms with van der Waals surface area (Å²) in [4.78, 5) is 40.2. The van der Waals surface area contributed by atoms with Gasteiger partial charge in [0.05, 0.1) is 0 Å². The molecule has 2 aromatic carbocycles. The van der Waals surface area contributed by atoms with E-state index in [4.69, 9.17) is 22.2 Å². The van der Waals surface area contributed by atoms with E-state index in [9.17, 15) is 14.4 Å². The minimum atomic E-state index is -0.909. The Bertz CT molecular complexity index is 766. The van der Waals surface area contributed by atoms with Gasteiger partial charge in [0.2, 0.25) is 5.91 Å². The first-order chi connectivity index (χ1) is 12.5. The predicted octanol–water partition coefficient (Wildman–Crippen LogP) is 1.21. The first kappa shape index (κ1) is 19.4. The van der Waals surface area contributed by atoms with Gasteiger partial charge in [0, 0.05) is 17.0 Å². The molecule has 0 saturated heterocycles. The third kappa shape index (κ3) is 6.19. The molecule has 8 heteroatoms. The normalized spacial score (nSPS) is 11.4. The summed E-state index contributed by atoms with van der Waals surface area (Å²) in [6.07, 6.45) is 0.242. The lowest BCUT2D eigenvalue weighted by Crippen LogP contribution is -2.48. The highest BCUT2D eigenvalue weighted by Crippen LogP contribution is 2.10. The van der Waals surface area contributed by atoms with Crippen LogP contribution < -0.4 is 16.5 Å². The molecule has 136 valence electrons. The highest BCUT2D eigenvalue weighted by molar-refractivity contribution is 6.30. The predicted molar refractivity (Wildman–Crippen MR) is 96.1 cm³/mol. The van der Waals surface area contributed by atoms with E-state index in [1.807, 2.05) is 30.3 Å². The zero-order valence-corrected chi connectivity index (χ0v) is 14.5. The SMILES string of the molecule is NC(=O)CONC(=O)[C@@H](Cc1ccccc1)NC(=O)c1ccc(Cl)cc1. The van der Waals surface area contributed by atoms with Crippen LogP contribution in [0, 0.1) is 0 Å². The number of primary amides is 1. The summed E-state index contributed by atoms with van der Waals surface area (Å²) in [7, 11) is 0. The summed E-state index contributed by atoms with van der Waals surface area (Å²) in [5.74, 6) is -1.76. The average molecular weight is 376 g/mol. The van der Waals surface area contributed by atoms with Crippen molar-refractivity contribution in [2.24, 2.45) is 5.73 Å². The van der Waals surface area contributed by atoms with Crippen LogP contribution in [0.25, 0.3) is 0 Å². The van der Waals surface area contributed by atoms with Crippen molar-refractivity contribution in [3.63, 3.8) is 0 Å². The van der Waals surface area contributed by atoms with Gasteiger partial charge < -0.3 is 11.1 Å². The second kappa shape index (κ2) is 9.55. The number of hydrogen-bond donors (Lipinski definition) is 3. The third-order valence-corrected chi connectivity index (χ3v) is 3.65. The summed E-state index contributed by atoms with van der Waals surface area (Å²) in [5.41, 5.74) is 8.28. The summed E-state index contributed by atoms with van der Waals surface area (Å²) in [6.45, 7) is -0.463. The molecular weight excluding hydrogens is 358 g/mol. The molecule has 0 bridgehead atoms. The van der Waals surface area contributed by atoms with E-state index in [1.165, 1.54) is 0 Å². The minimum Gasteiger partial charge on any atom is -0.368 e. The van der Waals surface area contributed by atoms with Crippen molar-refractivity contribution in [3.8, 4) is 0 Å². The molecule has 2 rings (SSSR count). The number of halogens is 1. The standard InChI is InChI=1S/C18H18ClN3O4/c19-14-8-6-13(7-9-14)17(24)21-15(10-12-4-2-1-3-5-12)18(25)22-26-11-16(20)23/h1-9,15H,10-11H2,(H2,20,23)(H,21,24)(H,22,25)/t15-/m1/s1. The summed E-state index contributed by atoms with van der Waals surface area (Å²) in [6, 6.07) is 14.5. The molecular formula is C18H18ClN3O4. The molecule has 0 aliphatic carbocycles. The smallest absolute Gasteiger partial charge is 0.266 e. The molecule has 7 nitrogen and oxygen atoms in total. The highest BCUT2D eigenvalue weighted by Gasteiger charge is 2.22. The Kier molecular flexibility index (Phi) is 7.13. The van der Waals surface area contributed by atoms with Crippen LogP contribution in [0.5, 0.6) is 0 Å². The van der Waals surface area contributed by atoms with Crippen molar-refractivity contribution in [3.05, 3.63) is 70.7 Å². The van der Waals surface area contributed by atoms with Crippen molar-refractivity contribution in [2.45, 2.75) is 12.5 Å². The Hall–Kier alpha value is -2.90. The monoisotopic (exact) mass is 375 g/mol. The lowest BCUT2D eigenvalue weighted by atomic mass is 10.0. The van der Waals surface area contributed by atoms with Crippen LogP contribution in [0.15, 0.2) is 54.6 Å². The Labute approximate surface area is 155 Å². The van der Waals surface area contributed by atoms with Crippen LogP contribution in [0.4, 0.5) is 0 Å². The summed E-state index contributed by atoms with van der Waals surface area (Å²) >= 11 is 5.81. The Morgan fingerprint density at radius 2 is 1.69 bits per heavy atom. The molecule has 0 radical (unpaired) electrons. The number of carbonyl (C=O) groups is 3. The molecule has 0 fully saturated rings. The maximum atomic E-state index is 12.4. The van der Waals surface area contributed by atoms with Gasteiger partial charge in [-0.25, -0.2) is 5.48 Å². The van der Waals surface area contributed by atoms with Crippen LogP contribution in [0.1, 0.15) is 15.9 Å². The zero-order valence-electron chi connectivity index (χ0n) is 13.8. The first-order valence-corrected chi connectivity index (χ1v) is 8.14. The molecule has 4 N–H and O–H groups in total. The van der Waals surface area contributed by atoms with Crippen LogP contribution in [0.3, 0.4) is 0 Å². The number of hydroxylamine groups is 1. The fourth-order valence-corrected chi connectivity index (χ4v) is 2.28. The number of benzene rings is 2. The quantitative estimate of drug-likeness (QED) is 0.602. The first-order valence-electron chi connectivity index (χ1n) is 7.76. The topological polar surface area (TPSA) is 111 Å². The van der Waals surface area contributed by atoms with Crippen LogP contribution in [-0.2, 0) is 20.8 Å². The molecule has 0 heterocycles. The van der Waals surface area contributed by atoms with Gasteiger partial charge in [-0.15, -0.1) is 0 Å². The fraction of sp³-hybridized carbons (Fsp3) is 0.167. The molecule has 0 aliphatic rings. The van der Waals surface area contributed by atoms with Gasteiger partial charge in [0.1, 0.15) is 6.04 Å². The molecule has 0 aliphatic heterocycles. The van der Waals surface area contributed by atoms with E-state index in [0.717, 1.165) is 5.56 Å². The molecule has 0 spiro atoms. The van der Waals surface area contributed by atoms with Crippen molar-refractivity contribution in [1.82, 2.24) is 10.8 Å². The fourth-order valence-electron chi connectivity index (χ4n) is 2.15. The lowest BCUT2D eigenvalue weighted by Gasteiger charge is -2.18. The molecule has 2 aromatic rings. The van der Waals surface area contributed by atoms with E-state index in [-0.39, 0.29) is 6.42 Å². The Morgan fingerprint density at radius 3 is 2.31 bits per heavy atom. The van der Waals surface area contributed by atoms with Gasteiger partial charge in [0.15, 0.2) is 6.61 Å². The van der Waals surface area contributed by atoms with E-state index < -0.39 is 30.4 Å². The molecule has 0 unspecified atom stereocenters. The van der Waals surface area contributed by atoms with Gasteiger partial charge in [-0.1, -0.05) is 41.9 Å². The average Bonchev–Trinajstić information content (AvgIpc) is 2.62. The number of rotatable bonds is 8. The van der Waals surface area contributed by atoms with Gasteiger partial charge in [-0.3, -0.25) is 19.2 Å². The van der Waals surface area contributed by atoms with Gasteiger partial charge in [-0.05, 0) is 29.8 Å². The Balaban J connectivity index is 2.08. The summed E-state index contributed by atoms with van der Waals surface area (Å²) in [5, 5.41) is 3.15. The molecule has 0 saturated carbocycles. The maximum absolute atomic E-state index is 12.4. The van der Waals surface area contributed by atoms with Gasteiger partial charge >= 0.3 is 0 Å². The van der Waals surface area contributed by atoms with Gasteiger partial charge in [0.25, 0.3) is 11.8 Å². The number of nitrogens with two attached hydrogens (primary N) is 1. The second-order valence-corrected chi connectivity index (χ2v) is 5.88. The number of carbonyl (C=O) groups excluding carboxylic acids is 3. The number of nitrogens with one attached hydrogen (secondary N) is 2. The molecule has 3 amide bonds. The van der Waals surface area contributed by atoms with Crippen LogP contribution >= 0.6 is 11.6 Å². The van der Waals surface area contributed by atoms with Crippen molar-refractivity contribution in [1.29, 1.82) is 0 Å². The summed E-state index contributed by atoms with van der Waals surface area (Å²) < 4.78 is 0. The second-order valence-electron chi connectivity index (χ2n) is 5.44. The van der Waals surface area contributed by atoms with E-state index in [1.54, 1.807) is 24.3 Å². The van der Waals surface area contributed by atoms with Crippen LogP contribution in [0.2, 0.25) is 5.02 Å². The highest BCUT2D eigenvalue weighted by atomic mass is 35.5. The van der Waals surface area contributed by atoms with Crippen LogP contribution in [-0.4, -0.2) is 30.4 Å². The molecule has 26 heavy (non-hydrogen) atoms. The number of hydrogen-bond acceptors (Lipinski definition) is 4. The van der Waals surface area contributed by atoms with Crippen molar-refractivity contribution < 1.29 is 19.2 Å². The zero-order chi connectivity index (χ0) is 18.9. The van der Waals surface area contributed by atoms with Crippen molar-refractivity contribution in [2.75, 3.05) is 6.61 Å². The van der Waals surface area contributed by atoms with E-state index in [2.05, 4.69) is 10.8 Å². The van der Waals surface area contributed by atoms with E-state index in [0.29, 0.717) is 10.6 Å². The lowest BCUT2D eigenvalue weighted by molar-refractivity contribution is -0.139. The molecule has 0 aromatic heterocycles. The largest absolute Gasteiger partial charge is 0.368 e. The Morgan fingerprint density at radius 1 is 1.04 bits per heavy atom.